The number of anilines is 1. The lowest BCUT2D eigenvalue weighted by atomic mass is 10.2. The fourth-order valence-electron chi connectivity index (χ4n) is 1.97. The number of esters is 1. The van der Waals surface area contributed by atoms with Crippen LogP contribution in [-0.2, 0) is 16.1 Å². The predicted molar refractivity (Wildman–Crippen MR) is 81.9 cm³/mol. The summed E-state index contributed by atoms with van der Waals surface area (Å²) in [6.45, 7) is 1.73. The molecule has 2 aromatic rings. The second-order valence-electron chi connectivity index (χ2n) is 4.79. The van der Waals surface area contributed by atoms with E-state index in [9.17, 15) is 14.4 Å². The Bertz CT molecular complexity index is 765. The highest BCUT2D eigenvalue weighted by Crippen LogP contribution is 2.09. The van der Waals surface area contributed by atoms with Gasteiger partial charge in [-0.15, -0.1) is 0 Å². The van der Waals surface area contributed by atoms with Crippen LogP contribution in [0.4, 0.5) is 5.69 Å². The Kier molecular flexibility index (Phi) is 4.73. The molecule has 0 bridgehead atoms. The number of amides is 1. The molecule has 0 radical (unpaired) electrons. The maximum absolute atomic E-state index is 12.0. The minimum atomic E-state index is -0.562. The quantitative estimate of drug-likeness (QED) is 0.870. The number of aryl methyl sites for hydroxylation is 1. The third-order valence-corrected chi connectivity index (χ3v) is 3.02. The molecule has 1 aromatic heterocycles. The monoisotopic (exact) mass is 300 g/mol. The van der Waals surface area contributed by atoms with Gasteiger partial charge in [-0.2, -0.15) is 0 Å². The number of aromatic nitrogens is 1. The molecule has 0 aliphatic heterocycles. The lowest BCUT2D eigenvalue weighted by Crippen LogP contribution is -2.27. The van der Waals surface area contributed by atoms with Gasteiger partial charge in [0.1, 0.15) is 6.54 Å². The van der Waals surface area contributed by atoms with Crippen molar-refractivity contribution in [3.05, 3.63) is 64.1 Å². The molecule has 0 saturated carbocycles. The van der Waals surface area contributed by atoms with Crippen LogP contribution in [0.3, 0.4) is 0 Å². The van der Waals surface area contributed by atoms with Crippen molar-refractivity contribution in [3.8, 4) is 0 Å². The van der Waals surface area contributed by atoms with E-state index in [0.29, 0.717) is 5.69 Å². The zero-order valence-electron chi connectivity index (χ0n) is 12.3. The van der Waals surface area contributed by atoms with Gasteiger partial charge >= 0.3 is 5.97 Å². The number of benzene rings is 1. The smallest absolute Gasteiger partial charge is 0.339 e. The molecule has 1 N–H and O–H groups in total. The van der Waals surface area contributed by atoms with Crippen LogP contribution < -0.4 is 10.9 Å². The molecule has 1 aromatic carbocycles. The lowest BCUT2D eigenvalue weighted by Gasteiger charge is -2.09. The van der Waals surface area contributed by atoms with E-state index in [4.69, 9.17) is 0 Å². The summed E-state index contributed by atoms with van der Waals surface area (Å²) in [5.41, 5.74) is 1.52. The average molecular weight is 300 g/mol. The Balaban J connectivity index is 2.14. The van der Waals surface area contributed by atoms with Crippen LogP contribution in [0.5, 0.6) is 0 Å². The molecule has 0 atom stereocenters. The number of methoxy groups -OCH3 is 1. The SMILES string of the molecule is COC(=O)c1ccc(=O)n(CC(=O)Nc2cccc(C)c2)c1. The average Bonchev–Trinajstić information content (AvgIpc) is 2.48. The van der Waals surface area contributed by atoms with Gasteiger partial charge in [0.15, 0.2) is 0 Å². The summed E-state index contributed by atoms with van der Waals surface area (Å²) < 4.78 is 5.75. The molecule has 0 saturated heterocycles. The second-order valence-corrected chi connectivity index (χ2v) is 4.79. The normalized spacial score (nSPS) is 10.1. The highest BCUT2D eigenvalue weighted by molar-refractivity contribution is 5.91. The van der Waals surface area contributed by atoms with E-state index in [-0.39, 0.29) is 23.6 Å². The minimum absolute atomic E-state index is 0.183. The molecular weight excluding hydrogens is 284 g/mol. The zero-order chi connectivity index (χ0) is 16.1. The summed E-state index contributed by atoms with van der Waals surface area (Å²) in [6, 6.07) is 9.92. The van der Waals surface area contributed by atoms with Gasteiger partial charge in [0.05, 0.1) is 12.7 Å². The van der Waals surface area contributed by atoms with Crippen LogP contribution in [0.25, 0.3) is 0 Å². The first-order valence-corrected chi connectivity index (χ1v) is 6.65. The van der Waals surface area contributed by atoms with Crippen molar-refractivity contribution in [1.29, 1.82) is 0 Å². The van der Waals surface area contributed by atoms with Crippen molar-refractivity contribution in [3.63, 3.8) is 0 Å². The van der Waals surface area contributed by atoms with E-state index in [1.54, 1.807) is 6.07 Å². The first-order valence-electron chi connectivity index (χ1n) is 6.65. The van der Waals surface area contributed by atoms with E-state index < -0.39 is 5.97 Å². The molecule has 0 fully saturated rings. The largest absolute Gasteiger partial charge is 0.465 e. The molecule has 22 heavy (non-hydrogen) atoms. The number of carbonyl (C=O) groups is 2. The molecule has 6 heteroatoms. The molecular formula is C16H16N2O4. The summed E-state index contributed by atoms with van der Waals surface area (Å²) in [7, 11) is 1.25. The van der Waals surface area contributed by atoms with Gasteiger partial charge in [0.25, 0.3) is 5.56 Å². The molecule has 2 rings (SSSR count). The lowest BCUT2D eigenvalue weighted by molar-refractivity contribution is -0.116. The Morgan fingerprint density at radius 2 is 2.00 bits per heavy atom. The summed E-state index contributed by atoms with van der Waals surface area (Å²) in [6.07, 6.45) is 1.31. The van der Waals surface area contributed by atoms with Crippen LogP contribution in [0.2, 0.25) is 0 Å². The van der Waals surface area contributed by atoms with Gasteiger partial charge < -0.3 is 14.6 Å². The van der Waals surface area contributed by atoms with Crippen LogP contribution >= 0.6 is 0 Å². The van der Waals surface area contributed by atoms with Crippen LogP contribution in [0.15, 0.2) is 47.4 Å². The van der Waals surface area contributed by atoms with Crippen molar-refractivity contribution in [2.45, 2.75) is 13.5 Å². The fraction of sp³-hybridized carbons (Fsp3) is 0.188. The molecule has 6 nitrogen and oxygen atoms in total. The molecule has 0 aliphatic rings. The Hall–Kier alpha value is -2.89. The number of hydrogen-bond acceptors (Lipinski definition) is 4. The van der Waals surface area contributed by atoms with Crippen molar-refractivity contribution in [2.75, 3.05) is 12.4 Å². The van der Waals surface area contributed by atoms with E-state index >= 15 is 0 Å². The minimum Gasteiger partial charge on any atom is -0.465 e. The molecule has 1 heterocycles. The van der Waals surface area contributed by atoms with Crippen LogP contribution in [-0.4, -0.2) is 23.6 Å². The highest BCUT2D eigenvalue weighted by Gasteiger charge is 2.10. The molecule has 114 valence electrons. The van der Waals surface area contributed by atoms with Gasteiger partial charge in [0.2, 0.25) is 5.91 Å². The number of carbonyl (C=O) groups excluding carboxylic acids is 2. The summed E-state index contributed by atoms with van der Waals surface area (Å²) in [5, 5.41) is 2.71. The summed E-state index contributed by atoms with van der Waals surface area (Å²) in [5.74, 6) is -0.914. The first-order chi connectivity index (χ1) is 10.5. The van der Waals surface area contributed by atoms with E-state index in [1.807, 2.05) is 25.1 Å². The van der Waals surface area contributed by atoms with Gasteiger partial charge in [-0.25, -0.2) is 4.79 Å². The molecule has 0 spiro atoms. The number of nitrogens with one attached hydrogen (secondary N) is 1. The Labute approximate surface area is 127 Å². The first kappa shape index (κ1) is 15.5. The van der Waals surface area contributed by atoms with E-state index in [1.165, 1.54) is 25.4 Å². The maximum atomic E-state index is 12.0. The third kappa shape index (κ3) is 3.82. The second kappa shape index (κ2) is 6.71. The van der Waals surface area contributed by atoms with Crippen molar-refractivity contribution < 1.29 is 14.3 Å². The molecule has 1 amide bonds. The van der Waals surface area contributed by atoms with Crippen LogP contribution in [0.1, 0.15) is 15.9 Å². The molecule has 0 aliphatic carbocycles. The van der Waals surface area contributed by atoms with Gasteiger partial charge in [0, 0.05) is 18.0 Å². The highest BCUT2D eigenvalue weighted by atomic mass is 16.5. The molecule has 0 unspecified atom stereocenters. The number of pyridine rings is 1. The third-order valence-electron chi connectivity index (χ3n) is 3.02. The van der Waals surface area contributed by atoms with Gasteiger partial charge in [-0.1, -0.05) is 12.1 Å². The van der Waals surface area contributed by atoms with Crippen molar-refractivity contribution in [2.24, 2.45) is 0 Å². The van der Waals surface area contributed by atoms with Gasteiger partial charge in [-0.3, -0.25) is 9.59 Å². The van der Waals surface area contributed by atoms with Crippen LogP contribution in [0, 0.1) is 6.92 Å². The zero-order valence-corrected chi connectivity index (χ0v) is 12.3. The van der Waals surface area contributed by atoms with Crippen molar-refractivity contribution in [1.82, 2.24) is 4.57 Å². The number of nitrogens with zero attached hydrogens (tertiary/aromatic N) is 1. The fourth-order valence-corrected chi connectivity index (χ4v) is 1.97. The standard InChI is InChI=1S/C16H16N2O4/c1-11-4-3-5-13(8-11)17-14(19)10-18-9-12(16(21)22-2)6-7-15(18)20/h3-9H,10H2,1-2H3,(H,17,19). The maximum Gasteiger partial charge on any atom is 0.339 e. The summed E-state index contributed by atoms with van der Waals surface area (Å²) >= 11 is 0. The predicted octanol–water partition coefficient (Wildman–Crippen LogP) is 1.58. The van der Waals surface area contributed by atoms with Gasteiger partial charge in [-0.05, 0) is 30.7 Å². The van der Waals surface area contributed by atoms with E-state index in [2.05, 4.69) is 10.1 Å². The topological polar surface area (TPSA) is 77.4 Å². The number of ether oxygens (including phenoxy) is 1. The van der Waals surface area contributed by atoms with E-state index in [0.717, 1.165) is 10.1 Å². The Morgan fingerprint density at radius 3 is 2.68 bits per heavy atom. The number of hydrogen-bond donors (Lipinski definition) is 1. The Morgan fingerprint density at radius 1 is 1.23 bits per heavy atom. The van der Waals surface area contributed by atoms with Crippen molar-refractivity contribution >= 4 is 17.6 Å². The number of rotatable bonds is 4. The summed E-state index contributed by atoms with van der Waals surface area (Å²) in [4.78, 5) is 35.2.